The van der Waals surface area contributed by atoms with E-state index in [1.807, 2.05) is 42.3 Å². The quantitative estimate of drug-likeness (QED) is 0.684. The molecule has 0 amide bonds. The molecule has 3 aromatic rings. The molecule has 20 heavy (non-hydrogen) atoms. The highest BCUT2D eigenvalue weighted by Gasteiger charge is 2.22. The van der Waals surface area contributed by atoms with Gasteiger partial charge in [0.1, 0.15) is 5.52 Å². The molecule has 0 radical (unpaired) electrons. The molecule has 3 heterocycles. The van der Waals surface area contributed by atoms with Crippen LogP contribution in [0.4, 0.5) is 11.5 Å². The van der Waals surface area contributed by atoms with E-state index >= 15 is 0 Å². The second-order valence-corrected chi connectivity index (χ2v) is 5.24. The zero-order valence-corrected chi connectivity index (χ0v) is 11.2. The molecule has 5 nitrogen and oxygen atoms in total. The molecule has 2 N–H and O–H groups in total. The molecule has 5 heteroatoms. The van der Waals surface area contributed by atoms with Crippen LogP contribution in [0.5, 0.6) is 0 Å². The third-order valence-corrected chi connectivity index (χ3v) is 3.88. The van der Waals surface area contributed by atoms with Gasteiger partial charge in [-0.2, -0.15) is 0 Å². The summed E-state index contributed by atoms with van der Waals surface area (Å²) in [7, 11) is 2.00. The van der Waals surface area contributed by atoms with Crippen LogP contribution < -0.4 is 10.6 Å². The van der Waals surface area contributed by atoms with Gasteiger partial charge in [0.2, 0.25) is 0 Å². The third-order valence-electron chi connectivity index (χ3n) is 3.88. The first-order valence-electron chi connectivity index (χ1n) is 6.60. The van der Waals surface area contributed by atoms with Gasteiger partial charge < -0.3 is 15.2 Å². The average Bonchev–Trinajstić information content (AvgIpc) is 3.02. The Bertz CT molecular complexity index is 805. The molecule has 0 unspecified atom stereocenters. The maximum absolute atomic E-state index is 5.86. The lowest BCUT2D eigenvalue weighted by Gasteiger charge is -2.16. The standard InChI is InChI=1S/C15H15N5/c1-19-9-18-14-13(19)4-5-17-15(14)20-7-10-2-3-12(16)6-11(10)8-20/h2-6,9H,7-8,16H2,1H3. The number of aromatic nitrogens is 3. The van der Waals surface area contributed by atoms with E-state index < -0.39 is 0 Å². The first-order valence-corrected chi connectivity index (χ1v) is 6.60. The van der Waals surface area contributed by atoms with E-state index in [2.05, 4.69) is 20.9 Å². The Morgan fingerprint density at radius 3 is 2.85 bits per heavy atom. The number of benzene rings is 1. The lowest BCUT2D eigenvalue weighted by Crippen LogP contribution is -2.16. The van der Waals surface area contributed by atoms with Crippen LogP contribution in [0.15, 0.2) is 36.8 Å². The van der Waals surface area contributed by atoms with Gasteiger partial charge in [-0.3, -0.25) is 0 Å². The molecule has 0 spiro atoms. The molecular formula is C15H15N5. The molecule has 2 aromatic heterocycles. The summed E-state index contributed by atoms with van der Waals surface area (Å²) in [6.07, 6.45) is 3.67. The summed E-state index contributed by atoms with van der Waals surface area (Å²) in [4.78, 5) is 11.3. The number of nitrogens with zero attached hydrogens (tertiary/aromatic N) is 4. The summed E-state index contributed by atoms with van der Waals surface area (Å²) >= 11 is 0. The SMILES string of the molecule is Cn1cnc2c(N3Cc4ccc(N)cc4C3)nccc21. The number of pyridine rings is 1. The number of hydrogen-bond donors (Lipinski definition) is 1. The van der Waals surface area contributed by atoms with Gasteiger partial charge in [-0.1, -0.05) is 6.07 Å². The number of nitrogens with two attached hydrogens (primary N) is 1. The molecule has 1 aromatic carbocycles. The Hall–Kier alpha value is -2.56. The van der Waals surface area contributed by atoms with Crippen LogP contribution >= 0.6 is 0 Å². The van der Waals surface area contributed by atoms with Gasteiger partial charge in [-0.15, -0.1) is 0 Å². The fraction of sp³-hybridized carbons (Fsp3) is 0.200. The van der Waals surface area contributed by atoms with Crippen molar-refractivity contribution in [3.05, 3.63) is 47.9 Å². The Morgan fingerprint density at radius 2 is 1.95 bits per heavy atom. The molecule has 100 valence electrons. The molecular weight excluding hydrogens is 250 g/mol. The Kier molecular flexibility index (Phi) is 2.24. The van der Waals surface area contributed by atoms with Crippen molar-refractivity contribution in [2.75, 3.05) is 10.6 Å². The minimum absolute atomic E-state index is 0.814. The van der Waals surface area contributed by atoms with Gasteiger partial charge in [0, 0.05) is 32.0 Å². The van der Waals surface area contributed by atoms with Gasteiger partial charge >= 0.3 is 0 Å². The Balaban J connectivity index is 1.79. The van der Waals surface area contributed by atoms with Crippen molar-refractivity contribution < 1.29 is 0 Å². The monoisotopic (exact) mass is 265 g/mol. The topological polar surface area (TPSA) is 60.0 Å². The van der Waals surface area contributed by atoms with Crippen LogP contribution in [-0.2, 0) is 20.1 Å². The minimum Gasteiger partial charge on any atom is -0.399 e. The number of anilines is 2. The largest absolute Gasteiger partial charge is 0.399 e. The van der Waals surface area contributed by atoms with E-state index in [4.69, 9.17) is 5.73 Å². The first-order chi connectivity index (χ1) is 9.72. The van der Waals surface area contributed by atoms with E-state index in [0.717, 1.165) is 35.6 Å². The highest BCUT2D eigenvalue weighted by atomic mass is 15.2. The fourth-order valence-corrected chi connectivity index (χ4v) is 2.84. The first kappa shape index (κ1) is 11.3. The summed E-state index contributed by atoms with van der Waals surface area (Å²) in [5, 5.41) is 0. The molecule has 0 atom stereocenters. The van der Waals surface area contributed by atoms with Crippen LogP contribution in [0.3, 0.4) is 0 Å². The predicted molar refractivity (Wildman–Crippen MR) is 79.3 cm³/mol. The van der Waals surface area contributed by atoms with Crippen LogP contribution in [0.2, 0.25) is 0 Å². The van der Waals surface area contributed by atoms with Crippen molar-refractivity contribution in [3.8, 4) is 0 Å². The number of aryl methyl sites for hydroxylation is 1. The molecule has 4 rings (SSSR count). The second-order valence-electron chi connectivity index (χ2n) is 5.24. The average molecular weight is 265 g/mol. The molecule has 0 saturated carbocycles. The van der Waals surface area contributed by atoms with E-state index in [1.54, 1.807) is 0 Å². The number of imidazole rings is 1. The zero-order chi connectivity index (χ0) is 13.7. The van der Waals surface area contributed by atoms with Gasteiger partial charge in [0.05, 0.1) is 11.8 Å². The van der Waals surface area contributed by atoms with Crippen molar-refractivity contribution in [2.24, 2.45) is 7.05 Å². The minimum atomic E-state index is 0.814. The Labute approximate surface area is 116 Å². The fourth-order valence-electron chi connectivity index (χ4n) is 2.84. The molecule has 0 bridgehead atoms. The van der Waals surface area contributed by atoms with E-state index in [1.165, 1.54) is 11.1 Å². The maximum Gasteiger partial charge on any atom is 0.157 e. The highest BCUT2D eigenvalue weighted by Crippen LogP contribution is 2.31. The van der Waals surface area contributed by atoms with Gasteiger partial charge in [-0.25, -0.2) is 9.97 Å². The second kappa shape index (κ2) is 3.96. The highest BCUT2D eigenvalue weighted by molar-refractivity contribution is 5.86. The van der Waals surface area contributed by atoms with E-state index in [9.17, 15) is 0 Å². The summed E-state index contributed by atoms with van der Waals surface area (Å²) in [5.41, 5.74) is 11.3. The van der Waals surface area contributed by atoms with Crippen molar-refractivity contribution in [2.45, 2.75) is 13.1 Å². The lowest BCUT2D eigenvalue weighted by atomic mass is 10.1. The molecule has 0 fully saturated rings. The molecule has 0 saturated heterocycles. The van der Waals surface area contributed by atoms with Crippen LogP contribution in [-0.4, -0.2) is 14.5 Å². The maximum atomic E-state index is 5.86. The normalized spacial score (nSPS) is 13.9. The molecule has 0 aliphatic carbocycles. The lowest BCUT2D eigenvalue weighted by molar-refractivity contribution is 0.861. The van der Waals surface area contributed by atoms with Crippen LogP contribution in [0.25, 0.3) is 11.0 Å². The van der Waals surface area contributed by atoms with Gasteiger partial charge in [-0.05, 0) is 29.3 Å². The number of rotatable bonds is 1. The van der Waals surface area contributed by atoms with Crippen molar-refractivity contribution in [1.82, 2.24) is 14.5 Å². The number of fused-ring (bicyclic) bond motifs is 2. The molecule has 1 aliphatic rings. The van der Waals surface area contributed by atoms with Crippen molar-refractivity contribution >= 4 is 22.5 Å². The molecule has 1 aliphatic heterocycles. The van der Waals surface area contributed by atoms with Crippen molar-refractivity contribution in [3.63, 3.8) is 0 Å². The van der Waals surface area contributed by atoms with Gasteiger partial charge in [0.25, 0.3) is 0 Å². The third kappa shape index (κ3) is 1.56. The Morgan fingerprint density at radius 1 is 1.10 bits per heavy atom. The summed E-state index contributed by atoms with van der Waals surface area (Å²) in [6.45, 7) is 1.70. The number of nitrogen functional groups attached to an aromatic ring is 1. The smallest absolute Gasteiger partial charge is 0.157 e. The van der Waals surface area contributed by atoms with E-state index in [-0.39, 0.29) is 0 Å². The van der Waals surface area contributed by atoms with Crippen molar-refractivity contribution in [1.29, 1.82) is 0 Å². The summed E-state index contributed by atoms with van der Waals surface area (Å²) in [5.74, 6) is 0.942. The summed E-state index contributed by atoms with van der Waals surface area (Å²) in [6, 6.07) is 8.10. The number of hydrogen-bond acceptors (Lipinski definition) is 4. The van der Waals surface area contributed by atoms with Crippen LogP contribution in [0, 0.1) is 0 Å². The predicted octanol–water partition coefficient (Wildman–Crippen LogP) is 2.07. The summed E-state index contributed by atoms with van der Waals surface area (Å²) < 4.78 is 2.02. The van der Waals surface area contributed by atoms with Gasteiger partial charge in [0.15, 0.2) is 5.82 Å². The van der Waals surface area contributed by atoms with E-state index in [0.29, 0.717) is 0 Å². The van der Waals surface area contributed by atoms with Crippen LogP contribution in [0.1, 0.15) is 11.1 Å². The zero-order valence-electron chi connectivity index (χ0n) is 11.2.